The van der Waals surface area contributed by atoms with Crippen LogP contribution in [0.2, 0.25) is 5.15 Å². The van der Waals surface area contributed by atoms with Crippen molar-refractivity contribution >= 4 is 29.2 Å². The van der Waals surface area contributed by atoms with Crippen LogP contribution in [0.4, 0.5) is 5.69 Å². The van der Waals surface area contributed by atoms with Crippen molar-refractivity contribution in [3.8, 4) is 0 Å². The molecule has 0 saturated carbocycles. The Morgan fingerprint density at radius 3 is 3.05 bits per heavy atom. The molecule has 0 aliphatic heterocycles. The van der Waals surface area contributed by atoms with Crippen LogP contribution in [0.1, 0.15) is 19.3 Å². The number of carbonyl (C=O) groups is 2. The number of hydrogen-bond donors (Lipinski definition) is 1. The van der Waals surface area contributed by atoms with Crippen LogP contribution in [0.5, 0.6) is 0 Å². The third-order valence-corrected chi connectivity index (χ3v) is 3.24. The average Bonchev–Trinajstić information content (AvgIpc) is 2.92. The molecule has 0 fully saturated rings. The summed E-state index contributed by atoms with van der Waals surface area (Å²) in [7, 11) is 0. The van der Waals surface area contributed by atoms with Crippen LogP contribution in [0.25, 0.3) is 0 Å². The first-order chi connectivity index (χ1) is 9.65. The molecule has 1 aliphatic rings. The van der Waals surface area contributed by atoms with Crippen molar-refractivity contribution in [2.24, 2.45) is 5.92 Å². The van der Waals surface area contributed by atoms with Gasteiger partial charge in [-0.05, 0) is 30.9 Å². The van der Waals surface area contributed by atoms with Gasteiger partial charge < -0.3 is 10.1 Å². The highest BCUT2D eigenvalue weighted by atomic mass is 35.5. The number of halogens is 1. The fraction of sp³-hybridized carbons (Fsp3) is 0.357. The van der Waals surface area contributed by atoms with Crippen LogP contribution in [0.3, 0.4) is 0 Å². The molecule has 6 heteroatoms. The van der Waals surface area contributed by atoms with Gasteiger partial charge >= 0.3 is 5.97 Å². The summed E-state index contributed by atoms with van der Waals surface area (Å²) in [6, 6.07) is 3.28. The van der Waals surface area contributed by atoms with Gasteiger partial charge in [0.05, 0.1) is 12.1 Å². The molecule has 0 bridgehead atoms. The first-order valence-corrected chi connectivity index (χ1v) is 6.75. The van der Waals surface area contributed by atoms with Crippen LogP contribution in [-0.4, -0.2) is 23.5 Å². The van der Waals surface area contributed by atoms with Gasteiger partial charge in [-0.15, -0.1) is 0 Å². The summed E-state index contributed by atoms with van der Waals surface area (Å²) in [6.45, 7) is -0.319. The molecule has 20 heavy (non-hydrogen) atoms. The van der Waals surface area contributed by atoms with Crippen LogP contribution in [-0.2, 0) is 14.3 Å². The molecule has 2 rings (SSSR count). The smallest absolute Gasteiger partial charge is 0.306 e. The zero-order valence-corrected chi connectivity index (χ0v) is 11.6. The standard InChI is InChI=1S/C14H15ClN2O3/c15-14-11(6-3-7-16-14)17-12(18)9-20-13(19)8-10-4-1-2-5-10/h1,3-4,6-7,10H,2,5,8-9H2,(H,17,18)/t10-/m0/s1. The van der Waals surface area contributed by atoms with Gasteiger partial charge in [0.2, 0.25) is 0 Å². The zero-order valence-electron chi connectivity index (χ0n) is 10.8. The minimum absolute atomic E-state index is 0.197. The van der Waals surface area contributed by atoms with E-state index in [-0.39, 0.29) is 23.6 Å². The number of esters is 1. The topological polar surface area (TPSA) is 68.3 Å². The first-order valence-electron chi connectivity index (χ1n) is 6.38. The maximum absolute atomic E-state index is 11.6. The van der Waals surface area contributed by atoms with E-state index in [9.17, 15) is 9.59 Å². The third kappa shape index (κ3) is 4.35. The number of carbonyl (C=O) groups excluding carboxylic acids is 2. The van der Waals surface area contributed by atoms with Crippen LogP contribution in [0, 0.1) is 5.92 Å². The number of hydrogen-bond acceptors (Lipinski definition) is 4. The average molecular weight is 295 g/mol. The van der Waals surface area contributed by atoms with Crippen molar-refractivity contribution in [1.29, 1.82) is 0 Å². The summed E-state index contributed by atoms with van der Waals surface area (Å²) >= 11 is 5.80. The lowest BCUT2D eigenvalue weighted by molar-refractivity contribution is -0.147. The number of nitrogens with zero attached hydrogens (tertiary/aromatic N) is 1. The number of pyridine rings is 1. The molecule has 0 unspecified atom stereocenters. The second-order valence-electron chi connectivity index (χ2n) is 4.52. The molecule has 1 N–H and O–H groups in total. The molecular weight excluding hydrogens is 280 g/mol. The SMILES string of the molecule is O=C(COC(=O)C[C@H]1C=CCC1)Nc1cccnc1Cl. The van der Waals surface area contributed by atoms with Crippen molar-refractivity contribution in [2.75, 3.05) is 11.9 Å². The van der Waals surface area contributed by atoms with Crippen molar-refractivity contribution in [3.05, 3.63) is 35.6 Å². The van der Waals surface area contributed by atoms with Gasteiger partial charge in [-0.2, -0.15) is 0 Å². The Morgan fingerprint density at radius 2 is 2.35 bits per heavy atom. The van der Waals surface area contributed by atoms with E-state index < -0.39 is 5.91 Å². The minimum Gasteiger partial charge on any atom is -0.456 e. The lowest BCUT2D eigenvalue weighted by atomic mass is 10.1. The van der Waals surface area contributed by atoms with E-state index in [0.717, 1.165) is 12.8 Å². The van der Waals surface area contributed by atoms with Gasteiger partial charge in [-0.25, -0.2) is 4.98 Å². The predicted octanol–water partition coefficient (Wildman–Crippen LogP) is 2.57. The summed E-state index contributed by atoms with van der Waals surface area (Å²) in [5.74, 6) is -0.567. The Labute approximate surface area is 122 Å². The summed E-state index contributed by atoms with van der Waals surface area (Å²) in [5.41, 5.74) is 0.397. The fourth-order valence-corrected chi connectivity index (χ4v) is 2.12. The van der Waals surface area contributed by atoms with E-state index in [2.05, 4.69) is 16.4 Å². The predicted molar refractivity (Wildman–Crippen MR) is 75.3 cm³/mol. The van der Waals surface area contributed by atoms with E-state index >= 15 is 0 Å². The van der Waals surface area contributed by atoms with Gasteiger partial charge in [-0.1, -0.05) is 23.8 Å². The molecule has 1 amide bonds. The molecule has 0 saturated heterocycles. The molecule has 106 valence electrons. The quantitative estimate of drug-likeness (QED) is 0.515. The van der Waals surface area contributed by atoms with Crippen molar-refractivity contribution in [2.45, 2.75) is 19.3 Å². The Hall–Kier alpha value is -1.88. The molecular formula is C14H15ClN2O3. The lowest BCUT2D eigenvalue weighted by Gasteiger charge is -2.09. The van der Waals surface area contributed by atoms with Gasteiger partial charge in [0.25, 0.3) is 5.91 Å². The second kappa shape index (κ2) is 7.05. The van der Waals surface area contributed by atoms with Gasteiger partial charge in [0, 0.05) is 6.20 Å². The van der Waals surface area contributed by atoms with Gasteiger partial charge in [0.1, 0.15) is 0 Å². The maximum Gasteiger partial charge on any atom is 0.306 e. The highest BCUT2D eigenvalue weighted by molar-refractivity contribution is 6.32. The number of amides is 1. The van der Waals surface area contributed by atoms with Gasteiger partial charge in [-0.3, -0.25) is 9.59 Å². The number of aromatic nitrogens is 1. The third-order valence-electron chi connectivity index (χ3n) is 2.94. The van der Waals surface area contributed by atoms with Crippen LogP contribution in [0.15, 0.2) is 30.5 Å². The number of nitrogens with one attached hydrogen (secondary N) is 1. The Morgan fingerprint density at radius 1 is 1.50 bits per heavy atom. The zero-order chi connectivity index (χ0) is 14.4. The molecule has 1 heterocycles. The molecule has 0 radical (unpaired) electrons. The summed E-state index contributed by atoms with van der Waals surface area (Å²) in [5, 5.41) is 2.73. The van der Waals surface area contributed by atoms with Crippen molar-refractivity contribution in [1.82, 2.24) is 4.98 Å². The number of anilines is 1. The fourth-order valence-electron chi connectivity index (χ4n) is 1.95. The highest BCUT2D eigenvalue weighted by Gasteiger charge is 2.16. The molecule has 1 aliphatic carbocycles. The minimum atomic E-state index is -0.435. The molecule has 0 aromatic carbocycles. The van der Waals surface area contributed by atoms with E-state index in [0.29, 0.717) is 12.1 Å². The van der Waals surface area contributed by atoms with Crippen molar-refractivity contribution in [3.63, 3.8) is 0 Å². The Kier molecular flexibility index (Phi) is 5.12. The normalized spacial score (nSPS) is 16.9. The lowest BCUT2D eigenvalue weighted by Crippen LogP contribution is -2.21. The van der Waals surface area contributed by atoms with Crippen LogP contribution < -0.4 is 5.32 Å². The monoisotopic (exact) mass is 294 g/mol. The highest BCUT2D eigenvalue weighted by Crippen LogP contribution is 2.20. The molecule has 1 atom stereocenters. The Bertz CT molecular complexity index is 531. The molecule has 1 aromatic rings. The summed E-state index contributed by atoms with van der Waals surface area (Å²) in [6.07, 6.45) is 7.86. The Balaban J connectivity index is 1.73. The van der Waals surface area contributed by atoms with E-state index in [4.69, 9.17) is 16.3 Å². The summed E-state index contributed by atoms with van der Waals surface area (Å²) < 4.78 is 4.93. The molecule has 0 spiro atoms. The van der Waals surface area contributed by atoms with E-state index in [1.807, 2.05) is 6.08 Å². The van der Waals surface area contributed by atoms with Crippen LogP contribution >= 0.6 is 11.6 Å². The number of rotatable bonds is 5. The van der Waals surface area contributed by atoms with Gasteiger partial charge in [0.15, 0.2) is 11.8 Å². The number of ether oxygens (including phenoxy) is 1. The largest absolute Gasteiger partial charge is 0.456 e. The van der Waals surface area contributed by atoms with E-state index in [1.165, 1.54) is 6.20 Å². The molecule has 1 aromatic heterocycles. The first kappa shape index (κ1) is 14.5. The number of allylic oxidation sites excluding steroid dienone is 2. The van der Waals surface area contributed by atoms with E-state index in [1.54, 1.807) is 12.1 Å². The van der Waals surface area contributed by atoms with Crippen molar-refractivity contribution < 1.29 is 14.3 Å². The summed E-state index contributed by atoms with van der Waals surface area (Å²) in [4.78, 5) is 27.0. The maximum atomic E-state index is 11.6. The second-order valence-corrected chi connectivity index (χ2v) is 4.88. The molecule has 5 nitrogen and oxygen atoms in total.